The van der Waals surface area contributed by atoms with E-state index in [-0.39, 0.29) is 12.2 Å². The first kappa shape index (κ1) is 20.6. The first-order valence-electron chi connectivity index (χ1n) is 8.15. The Balaban J connectivity index is 3.53. The molecule has 0 aromatic heterocycles. The van der Waals surface area contributed by atoms with Crippen molar-refractivity contribution in [1.82, 2.24) is 0 Å². The maximum atomic E-state index is 10.2. The molecule has 4 heteroatoms. The zero-order chi connectivity index (χ0) is 16.6. The molecule has 2 unspecified atom stereocenters. The summed E-state index contributed by atoms with van der Waals surface area (Å²) in [6.45, 7) is 1.99. The first-order valence-corrected chi connectivity index (χ1v) is 8.15. The minimum Gasteiger partial charge on any atom is -0.478 e. The van der Waals surface area contributed by atoms with Gasteiger partial charge in [0.1, 0.15) is 0 Å². The Morgan fingerprint density at radius 3 is 2.09 bits per heavy atom. The van der Waals surface area contributed by atoms with Crippen molar-refractivity contribution in [3.8, 4) is 0 Å². The Morgan fingerprint density at radius 2 is 1.50 bits per heavy atom. The number of carbonyl (C=O) groups is 1. The van der Waals surface area contributed by atoms with E-state index in [1.807, 2.05) is 19.1 Å². The van der Waals surface area contributed by atoms with Crippen molar-refractivity contribution in [2.75, 3.05) is 0 Å². The van der Waals surface area contributed by atoms with Crippen molar-refractivity contribution in [2.45, 2.75) is 70.5 Å². The summed E-state index contributed by atoms with van der Waals surface area (Å²) in [7, 11) is 0. The highest BCUT2D eigenvalue weighted by Gasteiger charge is 2.02. The number of hydrogen-bond acceptors (Lipinski definition) is 3. The molecule has 0 spiro atoms. The summed E-state index contributed by atoms with van der Waals surface area (Å²) in [5.41, 5.74) is 0. The van der Waals surface area contributed by atoms with E-state index in [9.17, 15) is 15.0 Å². The molecule has 0 radical (unpaired) electrons. The van der Waals surface area contributed by atoms with Crippen LogP contribution in [0.2, 0.25) is 0 Å². The zero-order valence-corrected chi connectivity index (χ0v) is 13.5. The second-order valence-electron chi connectivity index (χ2n) is 5.45. The number of rotatable bonds is 13. The molecule has 0 heterocycles. The average molecular weight is 310 g/mol. The third kappa shape index (κ3) is 15.0. The van der Waals surface area contributed by atoms with E-state index in [0.29, 0.717) is 6.42 Å². The number of carboxylic acid groups (broad SMARTS) is 1. The van der Waals surface area contributed by atoms with Crippen LogP contribution in [-0.4, -0.2) is 33.5 Å². The van der Waals surface area contributed by atoms with Gasteiger partial charge in [0.25, 0.3) is 0 Å². The molecule has 0 bridgehead atoms. The van der Waals surface area contributed by atoms with Gasteiger partial charge in [-0.15, -0.1) is 0 Å². The number of unbranched alkanes of at least 4 members (excludes halogenated alkanes) is 3. The fourth-order valence-electron chi connectivity index (χ4n) is 2.02. The molecule has 22 heavy (non-hydrogen) atoms. The molecule has 0 saturated carbocycles. The molecule has 2 atom stereocenters. The van der Waals surface area contributed by atoms with E-state index in [4.69, 9.17) is 5.11 Å². The molecule has 126 valence electrons. The number of hydrogen-bond donors (Lipinski definition) is 3. The number of aliphatic carboxylic acids is 1. The Kier molecular flexibility index (Phi) is 13.6. The second-order valence-corrected chi connectivity index (χ2v) is 5.45. The predicted molar refractivity (Wildman–Crippen MR) is 89.7 cm³/mol. The molecular formula is C18H30O4. The largest absolute Gasteiger partial charge is 0.478 e. The summed E-state index contributed by atoms with van der Waals surface area (Å²) in [5.74, 6) is -0.965. The molecular weight excluding hydrogens is 280 g/mol. The van der Waals surface area contributed by atoms with Gasteiger partial charge in [-0.25, -0.2) is 4.79 Å². The van der Waals surface area contributed by atoms with E-state index in [1.54, 1.807) is 12.2 Å². The fourth-order valence-corrected chi connectivity index (χ4v) is 2.02. The molecule has 3 N–H and O–H groups in total. The minimum atomic E-state index is -0.965. The van der Waals surface area contributed by atoms with Crippen LogP contribution in [0.4, 0.5) is 0 Å². The van der Waals surface area contributed by atoms with Gasteiger partial charge in [-0.05, 0) is 25.7 Å². The monoisotopic (exact) mass is 310 g/mol. The molecule has 0 amide bonds. The van der Waals surface area contributed by atoms with Crippen LogP contribution in [0.3, 0.4) is 0 Å². The van der Waals surface area contributed by atoms with Crippen LogP contribution in [0.15, 0.2) is 36.5 Å². The van der Waals surface area contributed by atoms with Gasteiger partial charge in [0.2, 0.25) is 0 Å². The van der Waals surface area contributed by atoms with Crippen LogP contribution in [0, 0.1) is 0 Å². The van der Waals surface area contributed by atoms with Gasteiger partial charge in [0.15, 0.2) is 0 Å². The molecule has 0 aromatic rings. The van der Waals surface area contributed by atoms with Gasteiger partial charge < -0.3 is 15.3 Å². The lowest BCUT2D eigenvalue weighted by atomic mass is 10.0. The number of allylic oxidation sites excluding steroid dienone is 4. The highest BCUT2D eigenvalue weighted by molar-refractivity contribution is 5.80. The quantitative estimate of drug-likeness (QED) is 0.276. The van der Waals surface area contributed by atoms with Gasteiger partial charge in [-0.2, -0.15) is 0 Å². The minimum absolute atomic E-state index is 0.158. The maximum absolute atomic E-state index is 10.2. The van der Waals surface area contributed by atoms with Crippen molar-refractivity contribution in [3.63, 3.8) is 0 Å². The first-order chi connectivity index (χ1) is 10.6. The Hall–Kier alpha value is -1.39. The van der Waals surface area contributed by atoms with Crippen molar-refractivity contribution in [2.24, 2.45) is 0 Å². The number of aliphatic hydroxyl groups is 2. The molecule has 0 fully saturated rings. The summed E-state index contributed by atoms with van der Waals surface area (Å²) >= 11 is 0. The third-order valence-corrected chi connectivity index (χ3v) is 3.41. The molecule has 0 rings (SSSR count). The maximum Gasteiger partial charge on any atom is 0.328 e. The normalized spacial score (nSPS) is 15.0. The molecule has 4 nitrogen and oxygen atoms in total. The number of aliphatic hydroxyl groups excluding tert-OH is 2. The van der Waals surface area contributed by atoms with Crippen molar-refractivity contribution >= 4 is 5.97 Å². The van der Waals surface area contributed by atoms with E-state index in [0.717, 1.165) is 51.0 Å². The molecule has 0 aromatic carbocycles. The van der Waals surface area contributed by atoms with E-state index in [1.165, 1.54) is 6.08 Å². The van der Waals surface area contributed by atoms with Crippen LogP contribution in [-0.2, 0) is 4.79 Å². The predicted octanol–water partition coefficient (Wildman–Crippen LogP) is 3.60. The van der Waals surface area contributed by atoms with Crippen LogP contribution in [0.5, 0.6) is 0 Å². The van der Waals surface area contributed by atoms with Gasteiger partial charge in [-0.1, -0.05) is 63.0 Å². The lowest BCUT2D eigenvalue weighted by Crippen LogP contribution is -2.05. The summed E-state index contributed by atoms with van der Waals surface area (Å²) in [4.78, 5) is 10.2. The van der Waals surface area contributed by atoms with E-state index in [2.05, 4.69) is 0 Å². The summed E-state index contributed by atoms with van der Waals surface area (Å²) < 4.78 is 0. The van der Waals surface area contributed by atoms with Crippen LogP contribution >= 0.6 is 0 Å². The van der Waals surface area contributed by atoms with Gasteiger partial charge in [0, 0.05) is 6.08 Å². The topological polar surface area (TPSA) is 77.8 Å². The molecule has 0 aliphatic heterocycles. The smallest absolute Gasteiger partial charge is 0.328 e. The lowest BCUT2D eigenvalue weighted by molar-refractivity contribution is -0.131. The van der Waals surface area contributed by atoms with Gasteiger partial charge in [0.05, 0.1) is 12.2 Å². The van der Waals surface area contributed by atoms with Crippen molar-refractivity contribution in [1.29, 1.82) is 0 Å². The molecule has 0 aliphatic rings. The Bertz CT molecular complexity index is 358. The van der Waals surface area contributed by atoms with E-state index >= 15 is 0 Å². The van der Waals surface area contributed by atoms with Crippen molar-refractivity contribution in [3.05, 3.63) is 36.5 Å². The summed E-state index contributed by atoms with van der Waals surface area (Å²) in [5, 5.41) is 27.6. The highest BCUT2D eigenvalue weighted by Crippen LogP contribution is 2.11. The number of carboxylic acids is 1. The summed E-state index contributed by atoms with van der Waals surface area (Å²) in [6.07, 6.45) is 16.5. The summed E-state index contributed by atoms with van der Waals surface area (Å²) in [6, 6.07) is 0. The average Bonchev–Trinajstić information content (AvgIpc) is 2.49. The van der Waals surface area contributed by atoms with Gasteiger partial charge >= 0.3 is 5.97 Å². The zero-order valence-electron chi connectivity index (χ0n) is 13.5. The molecule has 0 aliphatic carbocycles. The third-order valence-electron chi connectivity index (χ3n) is 3.41. The Labute approximate surface area is 133 Å². The van der Waals surface area contributed by atoms with Crippen LogP contribution in [0.1, 0.15) is 58.3 Å². The van der Waals surface area contributed by atoms with Crippen LogP contribution in [0.25, 0.3) is 0 Å². The van der Waals surface area contributed by atoms with Crippen molar-refractivity contribution < 1.29 is 20.1 Å². The van der Waals surface area contributed by atoms with E-state index < -0.39 is 5.97 Å². The lowest BCUT2D eigenvalue weighted by Gasteiger charge is -2.09. The highest BCUT2D eigenvalue weighted by atomic mass is 16.4. The Morgan fingerprint density at radius 1 is 0.909 bits per heavy atom. The fraction of sp³-hybridized carbons (Fsp3) is 0.611. The molecule has 0 saturated heterocycles. The van der Waals surface area contributed by atoms with Crippen LogP contribution < -0.4 is 0 Å². The standard InChI is InChI=1S/C18H30O4/c1-2-16(19)12-8-6-7-10-14-17(20)13-9-4-3-5-11-15-18(21)22/h3-5,9,11,15-17,19-20H,2,6-8,10,12-14H2,1H3,(H,21,22). The second kappa shape index (κ2) is 14.5. The van der Waals surface area contributed by atoms with Gasteiger partial charge in [-0.3, -0.25) is 0 Å². The SMILES string of the molecule is CCC(O)CCCCCCC(O)CC=CC=CC=CC(=O)O.